The van der Waals surface area contributed by atoms with Crippen LogP contribution < -0.4 is 9.47 Å². The van der Waals surface area contributed by atoms with E-state index in [0.29, 0.717) is 0 Å². The molecule has 3 atom stereocenters. The average molecular weight is 361 g/mol. The molecule has 1 saturated heterocycles. The van der Waals surface area contributed by atoms with Crippen LogP contribution in [0.3, 0.4) is 0 Å². The molecule has 1 aliphatic rings. The lowest BCUT2D eigenvalue weighted by atomic mass is 10.0. The van der Waals surface area contributed by atoms with E-state index in [1.807, 2.05) is 0 Å². The zero-order chi connectivity index (χ0) is 17.9. The van der Waals surface area contributed by atoms with Crippen molar-refractivity contribution >= 4 is 23.0 Å². The van der Waals surface area contributed by atoms with Crippen molar-refractivity contribution in [3.05, 3.63) is 27.8 Å². The van der Waals surface area contributed by atoms with Crippen LogP contribution in [0.5, 0.6) is 11.5 Å². The summed E-state index contributed by atoms with van der Waals surface area (Å²) < 4.78 is 36.4. The molecule has 1 aliphatic heterocycles. The van der Waals surface area contributed by atoms with Gasteiger partial charge in [0.25, 0.3) is 5.69 Å². The normalized spacial score (nSPS) is 22.9. The fourth-order valence-electron chi connectivity index (χ4n) is 2.17. The highest BCUT2D eigenvalue weighted by molar-refractivity contribution is 7.75. The van der Waals surface area contributed by atoms with E-state index >= 15 is 0 Å². The lowest BCUT2D eigenvalue weighted by molar-refractivity contribution is -0.386. The molecule has 10 nitrogen and oxygen atoms in total. The number of esters is 1. The molecule has 1 unspecified atom stereocenters. The van der Waals surface area contributed by atoms with Gasteiger partial charge in [0.2, 0.25) is 6.10 Å². The van der Waals surface area contributed by atoms with Gasteiger partial charge >= 0.3 is 17.3 Å². The number of methoxy groups -OCH3 is 2. The zero-order valence-electron chi connectivity index (χ0n) is 13.0. The maximum absolute atomic E-state index is 11.9. The van der Waals surface area contributed by atoms with Gasteiger partial charge in [0.15, 0.2) is 11.5 Å². The molecule has 0 aromatic heterocycles. The highest BCUT2D eigenvalue weighted by Crippen LogP contribution is 2.42. The Morgan fingerprint density at radius 1 is 1.29 bits per heavy atom. The predicted molar refractivity (Wildman–Crippen MR) is 79.7 cm³/mol. The summed E-state index contributed by atoms with van der Waals surface area (Å²) in [6.45, 7) is 1.64. The van der Waals surface area contributed by atoms with Gasteiger partial charge in [-0.05, 0) is 13.0 Å². The molecule has 11 heteroatoms. The molecule has 1 aromatic rings. The van der Waals surface area contributed by atoms with Crippen LogP contribution in [0.2, 0.25) is 0 Å². The van der Waals surface area contributed by atoms with Crippen molar-refractivity contribution in [2.24, 2.45) is 0 Å². The summed E-state index contributed by atoms with van der Waals surface area (Å²) in [4.78, 5) is 22.6. The van der Waals surface area contributed by atoms with Crippen LogP contribution in [-0.4, -0.2) is 42.0 Å². The molecule has 0 radical (unpaired) electrons. The van der Waals surface area contributed by atoms with Gasteiger partial charge in [0.05, 0.1) is 37.4 Å². The smallest absolute Gasteiger partial charge is 0.339 e. The van der Waals surface area contributed by atoms with Gasteiger partial charge in [-0.3, -0.25) is 14.3 Å². The summed E-state index contributed by atoms with van der Waals surface area (Å²) in [5, 5.41) is 11.4. The minimum absolute atomic E-state index is 0.0402. The standard InChI is InChI=1S/C13H15NO9S/c1-4-21-13(15)12-11(22-24(18)23-12)7-5-9(19-2)10(20-3)6-8(7)14(16)17/h5-6,11-12H,4H2,1-3H3/t11-,12+,24?/m0/s1. The molecule has 0 amide bonds. The number of carbonyl (C=O) groups excluding carboxylic acids is 1. The zero-order valence-corrected chi connectivity index (χ0v) is 13.9. The van der Waals surface area contributed by atoms with Gasteiger partial charge in [-0.1, -0.05) is 0 Å². The maximum atomic E-state index is 11.9. The van der Waals surface area contributed by atoms with Crippen molar-refractivity contribution in [2.75, 3.05) is 20.8 Å². The van der Waals surface area contributed by atoms with Crippen molar-refractivity contribution < 1.29 is 36.5 Å². The Kier molecular flexibility index (Phi) is 5.70. The van der Waals surface area contributed by atoms with Crippen LogP contribution in [0, 0.1) is 10.1 Å². The highest BCUT2D eigenvalue weighted by Gasteiger charge is 2.46. The summed E-state index contributed by atoms with van der Waals surface area (Å²) in [5.41, 5.74) is -0.434. The Morgan fingerprint density at radius 2 is 1.92 bits per heavy atom. The average Bonchev–Trinajstić information content (AvgIpc) is 2.95. The second kappa shape index (κ2) is 7.55. The van der Waals surface area contributed by atoms with E-state index in [2.05, 4.69) is 0 Å². The number of nitro groups is 1. The quantitative estimate of drug-likeness (QED) is 0.418. The third kappa shape index (κ3) is 3.47. The van der Waals surface area contributed by atoms with Gasteiger partial charge in [-0.2, -0.15) is 4.21 Å². The van der Waals surface area contributed by atoms with Crippen molar-refractivity contribution in [1.29, 1.82) is 0 Å². The molecule has 0 spiro atoms. The molecule has 2 rings (SSSR count). The number of nitrogens with zero attached hydrogens (tertiary/aromatic N) is 1. The number of carbonyl (C=O) groups is 1. The van der Waals surface area contributed by atoms with E-state index in [4.69, 9.17) is 22.6 Å². The van der Waals surface area contributed by atoms with Crippen LogP contribution in [0.1, 0.15) is 18.6 Å². The second-order valence-corrected chi connectivity index (χ2v) is 5.31. The Bertz CT molecular complexity index is 678. The van der Waals surface area contributed by atoms with Gasteiger partial charge in [0.1, 0.15) is 6.10 Å². The Balaban J connectivity index is 2.53. The highest BCUT2D eigenvalue weighted by atomic mass is 32.2. The summed E-state index contributed by atoms with van der Waals surface area (Å²) in [6, 6.07) is 2.40. The lowest BCUT2D eigenvalue weighted by Gasteiger charge is -2.16. The maximum Gasteiger partial charge on any atom is 0.339 e. The van der Waals surface area contributed by atoms with Crippen molar-refractivity contribution in [1.82, 2.24) is 0 Å². The van der Waals surface area contributed by atoms with Crippen molar-refractivity contribution in [3.63, 3.8) is 0 Å². The number of rotatable bonds is 6. The van der Waals surface area contributed by atoms with E-state index in [-0.39, 0.29) is 23.7 Å². The third-order valence-electron chi connectivity index (χ3n) is 3.19. The van der Waals surface area contributed by atoms with E-state index in [1.54, 1.807) is 6.92 Å². The fourth-order valence-corrected chi connectivity index (χ4v) is 2.93. The molecule has 1 aromatic carbocycles. The number of benzene rings is 1. The number of hydrogen-bond donors (Lipinski definition) is 0. The fraction of sp³-hybridized carbons (Fsp3) is 0.462. The first kappa shape index (κ1) is 18.1. The number of nitro benzene ring substituents is 1. The molecular weight excluding hydrogens is 346 g/mol. The minimum Gasteiger partial charge on any atom is -0.493 e. The van der Waals surface area contributed by atoms with Gasteiger partial charge in [-0.15, -0.1) is 0 Å². The van der Waals surface area contributed by atoms with Crippen LogP contribution in [0.25, 0.3) is 0 Å². The molecule has 0 N–H and O–H groups in total. The Morgan fingerprint density at radius 3 is 2.46 bits per heavy atom. The molecule has 1 fully saturated rings. The molecule has 132 valence electrons. The first-order valence-corrected chi connectivity index (χ1v) is 7.75. The lowest BCUT2D eigenvalue weighted by Crippen LogP contribution is -2.28. The van der Waals surface area contributed by atoms with Crippen LogP contribution in [-0.2, 0) is 29.3 Å². The molecule has 0 aliphatic carbocycles. The first-order valence-electron chi connectivity index (χ1n) is 6.75. The molecular formula is C13H15NO9S. The minimum atomic E-state index is -2.24. The van der Waals surface area contributed by atoms with E-state index < -0.39 is 40.1 Å². The van der Waals surface area contributed by atoms with Crippen LogP contribution in [0.15, 0.2) is 12.1 Å². The van der Waals surface area contributed by atoms with Crippen molar-refractivity contribution in [3.8, 4) is 11.5 Å². The molecule has 0 saturated carbocycles. The largest absolute Gasteiger partial charge is 0.493 e. The summed E-state index contributed by atoms with van der Waals surface area (Å²) in [7, 11) is 2.67. The monoisotopic (exact) mass is 361 g/mol. The van der Waals surface area contributed by atoms with Gasteiger partial charge in [-0.25, -0.2) is 8.98 Å². The van der Waals surface area contributed by atoms with E-state index in [0.717, 1.165) is 6.07 Å². The van der Waals surface area contributed by atoms with Crippen LogP contribution >= 0.6 is 0 Å². The topological polar surface area (TPSA) is 123 Å². The Labute approximate surface area is 139 Å². The van der Waals surface area contributed by atoms with Crippen molar-refractivity contribution in [2.45, 2.75) is 19.1 Å². The SMILES string of the molecule is CCOC(=O)[C@@H]1OS(=O)O[C@H]1c1cc(OC)c(OC)cc1[N+](=O)[O-]. The molecule has 0 bridgehead atoms. The summed E-state index contributed by atoms with van der Waals surface area (Å²) >= 11 is -2.24. The summed E-state index contributed by atoms with van der Waals surface area (Å²) in [6.07, 6.45) is -2.69. The predicted octanol–water partition coefficient (Wildman–Crippen LogP) is 1.21. The third-order valence-corrected chi connectivity index (χ3v) is 3.92. The molecule has 1 heterocycles. The molecule has 24 heavy (non-hydrogen) atoms. The van der Waals surface area contributed by atoms with E-state index in [1.165, 1.54) is 20.3 Å². The van der Waals surface area contributed by atoms with Crippen LogP contribution in [0.4, 0.5) is 5.69 Å². The van der Waals surface area contributed by atoms with Gasteiger partial charge < -0.3 is 14.2 Å². The van der Waals surface area contributed by atoms with Gasteiger partial charge in [0, 0.05) is 0 Å². The number of ether oxygens (including phenoxy) is 3. The Hall–Kier alpha value is -2.24. The first-order chi connectivity index (χ1) is 11.4. The van der Waals surface area contributed by atoms with E-state index in [9.17, 15) is 19.1 Å². The number of hydrogen-bond acceptors (Lipinski definition) is 9. The summed E-state index contributed by atoms with van der Waals surface area (Å²) in [5.74, 6) is -0.528. The second-order valence-electron chi connectivity index (χ2n) is 4.51.